The molecule has 0 amide bonds. The maximum absolute atomic E-state index is 13.4. The van der Waals surface area contributed by atoms with Gasteiger partial charge in [0, 0.05) is 25.6 Å². The number of hydrogen-bond acceptors (Lipinski definition) is 4. The number of hydrogen-bond donors (Lipinski definition) is 1. The van der Waals surface area contributed by atoms with Crippen LogP contribution in [-0.4, -0.2) is 46.4 Å². The van der Waals surface area contributed by atoms with E-state index in [0.29, 0.717) is 18.7 Å². The van der Waals surface area contributed by atoms with Crippen LogP contribution in [0.3, 0.4) is 0 Å². The van der Waals surface area contributed by atoms with E-state index >= 15 is 0 Å². The molecule has 1 aromatic heterocycles. The third-order valence-corrected chi connectivity index (χ3v) is 4.27. The van der Waals surface area contributed by atoms with Crippen molar-refractivity contribution in [2.75, 3.05) is 20.2 Å². The molecular formula is C16H18F4N4O. The summed E-state index contributed by atoms with van der Waals surface area (Å²) in [4.78, 5) is 6.01. The van der Waals surface area contributed by atoms with Crippen LogP contribution in [-0.2, 0) is 17.5 Å². The number of ether oxygens (including phenoxy) is 1. The molecule has 25 heavy (non-hydrogen) atoms. The Morgan fingerprint density at radius 1 is 1.36 bits per heavy atom. The zero-order valence-electron chi connectivity index (χ0n) is 13.6. The van der Waals surface area contributed by atoms with E-state index < -0.39 is 17.6 Å². The van der Waals surface area contributed by atoms with Gasteiger partial charge >= 0.3 is 6.18 Å². The summed E-state index contributed by atoms with van der Waals surface area (Å²) in [6, 6.07) is 3.08. The quantitative estimate of drug-likeness (QED) is 0.835. The van der Waals surface area contributed by atoms with Crippen molar-refractivity contribution in [2.24, 2.45) is 0 Å². The lowest BCUT2D eigenvalue weighted by Gasteiger charge is -2.24. The Kier molecular flexibility index (Phi) is 5.05. The molecule has 2 aromatic rings. The summed E-state index contributed by atoms with van der Waals surface area (Å²) in [5.41, 5.74) is -0.847. The van der Waals surface area contributed by atoms with Crippen molar-refractivity contribution in [2.45, 2.75) is 31.2 Å². The van der Waals surface area contributed by atoms with Crippen molar-refractivity contribution in [3.8, 4) is 0 Å². The van der Waals surface area contributed by atoms with Gasteiger partial charge in [-0.1, -0.05) is 6.07 Å². The summed E-state index contributed by atoms with van der Waals surface area (Å²) < 4.78 is 57.5. The fourth-order valence-corrected chi connectivity index (χ4v) is 3.11. The molecule has 0 aliphatic carbocycles. The van der Waals surface area contributed by atoms with Crippen molar-refractivity contribution in [1.82, 2.24) is 20.1 Å². The van der Waals surface area contributed by atoms with E-state index in [1.54, 1.807) is 7.05 Å². The topological polar surface area (TPSA) is 54.0 Å². The fraction of sp³-hybridized carbons (Fsp3) is 0.500. The van der Waals surface area contributed by atoms with Crippen LogP contribution >= 0.6 is 0 Å². The highest BCUT2D eigenvalue weighted by atomic mass is 19.4. The summed E-state index contributed by atoms with van der Waals surface area (Å²) in [6.45, 7) is 1.37. The number of rotatable bonds is 5. The van der Waals surface area contributed by atoms with Gasteiger partial charge in [-0.2, -0.15) is 18.3 Å². The molecule has 0 spiro atoms. The lowest BCUT2D eigenvalue weighted by Crippen LogP contribution is -2.32. The van der Waals surface area contributed by atoms with E-state index in [4.69, 9.17) is 4.74 Å². The molecular weight excluding hydrogens is 340 g/mol. The largest absolute Gasteiger partial charge is 0.419 e. The van der Waals surface area contributed by atoms with Crippen molar-refractivity contribution in [3.63, 3.8) is 0 Å². The summed E-state index contributed by atoms with van der Waals surface area (Å²) in [6.07, 6.45) is -2.58. The molecule has 0 unspecified atom stereocenters. The average Bonchev–Trinajstić information content (AvgIpc) is 3.18. The first-order chi connectivity index (χ1) is 11.8. The van der Waals surface area contributed by atoms with E-state index in [1.165, 1.54) is 12.4 Å². The maximum atomic E-state index is 13.4. The van der Waals surface area contributed by atoms with Gasteiger partial charge in [0.25, 0.3) is 0 Å². The van der Waals surface area contributed by atoms with Crippen molar-refractivity contribution >= 4 is 0 Å². The second-order valence-electron chi connectivity index (χ2n) is 6.18. The second kappa shape index (κ2) is 7.09. The summed E-state index contributed by atoms with van der Waals surface area (Å²) >= 11 is 0. The van der Waals surface area contributed by atoms with Gasteiger partial charge in [-0.3, -0.25) is 10.00 Å². The first kappa shape index (κ1) is 17.8. The Morgan fingerprint density at radius 2 is 2.16 bits per heavy atom. The molecule has 3 rings (SSSR count). The molecule has 1 aliphatic heterocycles. The first-order valence-electron chi connectivity index (χ1n) is 7.85. The minimum atomic E-state index is -4.70. The van der Waals surface area contributed by atoms with Crippen LogP contribution in [0.2, 0.25) is 0 Å². The number of likely N-dealkylation sites (N-methyl/N-ethyl adjacent to an activating group) is 1. The van der Waals surface area contributed by atoms with Gasteiger partial charge < -0.3 is 4.74 Å². The zero-order chi connectivity index (χ0) is 18.0. The number of H-pyrrole nitrogens is 1. The maximum Gasteiger partial charge on any atom is 0.419 e. The van der Waals surface area contributed by atoms with Gasteiger partial charge in [-0.15, -0.1) is 0 Å². The smallest absolute Gasteiger partial charge is 0.376 e. The van der Waals surface area contributed by atoms with Crippen LogP contribution in [0.25, 0.3) is 0 Å². The third kappa shape index (κ3) is 4.16. The summed E-state index contributed by atoms with van der Waals surface area (Å²) in [5.74, 6) is -0.440. The molecule has 1 aliphatic rings. The Morgan fingerprint density at radius 3 is 2.84 bits per heavy atom. The normalized spacial score (nSPS) is 21.2. The Balaban J connectivity index is 1.66. The number of halogens is 4. The molecule has 1 saturated heterocycles. The van der Waals surface area contributed by atoms with Crippen LogP contribution in [0.1, 0.15) is 29.3 Å². The van der Waals surface area contributed by atoms with E-state index in [9.17, 15) is 17.6 Å². The summed E-state index contributed by atoms with van der Waals surface area (Å²) in [7, 11) is 1.79. The third-order valence-electron chi connectivity index (χ3n) is 4.27. The molecule has 136 valence electrons. The molecule has 0 bridgehead atoms. The molecule has 0 radical (unpaired) electrons. The van der Waals surface area contributed by atoms with Gasteiger partial charge in [-0.05, 0) is 31.2 Å². The van der Waals surface area contributed by atoms with Gasteiger partial charge in [0.2, 0.25) is 0 Å². The first-order valence-corrected chi connectivity index (χ1v) is 7.85. The SMILES string of the molecule is CN(Cc1ccc(F)c(C(F)(F)F)c1)C[C@H]1OCC[C@H]1c1ncn[nH]1. The van der Waals surface area contributed by atoms with E-state index in [-0.39, 0.29) is 18.6 Å². The minimum absolute atomic E-state index is 0.0731. The van der Waals surface area contributed by atoms with E-state index in [0.717, 1.165) is 24.4 Å². The van der Waals surface area contributed by atoms with Crippen LogP contribution in [0.4, 0.5) is 17.6 Å². The fourth-order valence-electron chi connectivity index (χ4n) is 3.11. The highest BCUT2D eigenvalue weighted by molar-refractivity contribution is 5.27. The van der Waals surface area contributed by atoms with E-state index in [2.05, 4.69) is 15.2 Å². The molecule has 2 atom stereocenters. The van der Waals surface area contributed by atoms with Gasteiger partial charge in [0.1, 0.15) is 18.0 Å². The molecule has 9 heteroatoms. The molecule has 1 aromatic carbocycles. The number of nitrogens with zero attached hydrogens (tertiary/aromatic N) is 3. The molecule has 1 fully saturated rings. The standard InChI is InChI=1S/C16H18F4N4O/c1-24(7-10-2-3-13(17)12(6-10)16(18,19)20)8-14-11(4-5-25-14)15-21-9-22-23-15/h2-3,6,9,11,14H,4-5,7-8H2,1H3,(H,21,22,23)/t11-,14-/m1/s1. The van der Waals surface area contributed by atoms with E-state index in [1.807, 2.05) is 4.90 Å². The highest BCUT2D eigenvalue weighted by Gasteiger charge is 2.35. The monoisotopic (exact) mass is 358 g/mol. The lowest BCUT2D eigenvalue weighted by molar-refractivity contribution is -0.140. The predicted molar refractivity (Wildman–Crippen MR) is 81.2 cm³/mol. The minimum Gasteiger partial charge on any atom is -0.376 e. The van der Waals surface area contributed by atoms with Crippen molar-refractivity contribution in [1.29, 1.82) is 0 Å². The summed E-state index contributed by atoms with van der Waals surface area (Å²) in [5, 5.41) is 6.68. The Hall–Kier alpha value is -2.00. The molecule has 0 saturated carbocycles. The Bertz CT molecular complexity index is 705. The molecule has 1 N–H and O–H groups in total. The average molecular weight is 358 g/mol. The van der Waals surface area contributed by atoms with Crippen molar-refractivity contribution in [3.05, 3.63) is 47.3 Å². The zero-order valence-corrected chi connectivity index (χ0v) is 13.6. The van der Waals surface area contributed by atoms with Gasteiger partial charge in [0.05, 0.1) is 11.7 Å². The number of alkyl halides is 3. The highest BCUT2D eigenvalue weighted by Crippen LogP contribution is 2.32. The molecule has 5 nitrogen and oxygen atoms in total. The number of benzene rings is 1. The van der Waals surface area contributed by atoms with Crippen LogP contribution in [0.5, 0.6) is 0 Å². The lowest BCUT2D eigenvalue weighted by atomic mass is 10.00. The predicted octanol–water partition coefficient (Wildman–Crippen LogP) is 2.97. The second-order valence-corrected chi connectivity index (χ2v) is 6.18. The van der Waals surface area contributed by atoms with Crippen LogP contribution in [0.15, 0.2) is 24.5 Å². The van der Waals surface area contributed by atoms with Crippen LogP contribution in [0, 0.1) is 5.82 Å². The van der Waals surface area contributed by atoms with Gasteiger partial charge in [-0.25, -0.2) is 9.37 Å². The van der Waals surface area contributed by atoms with Gasteiger partial charge in [0.15, 0.2) is 0 Å². The van der Waals surface area contributed by atoms with Crippen molar-refractivity contribution < 1.29 is 22.3 Å². The van der Waals surface area contributed by atoms with Crippen LogP contribution < -0.4 is 0 Å². The number of nitrogens with one attached hydrogen (secondary N) is 1. The Labute approximate surface area is 142 Å². The number of aromatic nitrogens is 3. The molecule has 2 heterocycles. The number of aromatic amines is 1.